The molecule has 6 nitrogen and oxygen atoms in total. The summed E-state index contributed by atoms with van der Waals surface area (Å²) in [6, 6.07) is 2.91. The van der Waals surface area contributed by atoms with Crippen molar-refractivity contribution in [2.45, 2.75) is 4.90 Å². The summed E-state index contributed by atoms with van der Waals surface area (Å²) in [5, 5.41) is 19.4. The van der Waals surface area contributed by atoms with Crippen molar-refractivity contribution in [2.75, 3.05) is 6.26 Å². The Bertz CT molecular complexity index is 479. The Hall–Kier alpha value is -1.63. The molecule has 0 aliphatic carbocycles. The van der Waals surface area contributed by atoms with Crippen LogP contribution in [0.1, 0.15) is 0 Å². The van der Waals surface area contributed by atoms with Crippen LogP contribution < -0.4 is 0 Å². The summed E-state index contributed by atoms with van der Waals surface area (Å²) in [6.45, 7) is 0. The van der Waals surface area contributed by atoms with E-state index in [0.717, 1.165) is 24.5 Å². The van der Waals surface area contributed by atoms with Gasteiger partial charge in [-0.05, 0) is 12.1 Å². The first-order chi connectivity index (χ1) is 6.32. The van der Waals surface area contributed by atoms with E-state index in [0.29, 0.717) is 0 Å². The molecule has 0 unspecified atom stereocenters. The van der Waals surface area contributed by atoms with Crippen LogP contribution in [-0.2, 0) is 9.84 Å². The van der Waals surface area contributed by atoms with Crippen LogP contribution in [0.4, 0.5) is 5.69 Å². The number of sulfone groups is 1. The molecule has 1 aromatic rings. The maximum absolute atomic E-state index is 11.0. The first-order valence-corrected chi connectivity index (χ1v) is 5.39. The molecule has 1 rings (SSSR count). The van der Waals surface area contributed by atoms with Gasteiger partial charge in [0.1, 0.15) is 0 Å². The van der Waals surface area contributed by atoms with Gasteiger partial charge in [0.05, 0.1) is 9.82 Å². The lowest BCUT2D eigenvalue weighted by Gasteiger charge is -1.99. The molecule has 7 heteroatoms. The molecule has 76 valence electrons. The highest BCUT2D eigenvalue weighted by molar-refractivity contribution is 7.90. The van der Waals surface area contributed by atoms with Crippen molar-refractivity contribution < 1.29 is 18.4 Å². The smallest absolute Gasteiger partial charge is 0.311 e. The molecule has 0 amide bonds. The Balaban J connectivity index is 3.42. The summed E-state index contributed by atoms with van der Waals surface area (Å²) < 4.78 is 22.0. The minimum absolute atomic E-state index is 0.193. The monoisotopic (exact) mass is 217 g/mol. The number of nitrogens with zero attached hydrogens (tertiary/aromatic N) is 1. The van der Waals surface area contributed by atoms with E-state index in [-0.39, 0.29) is 4.90 Å². The molecule has 14 heavy (non-hydrogen) atoms. The van der Waals surface area contributed by atoms with Crippen molar-refractivity contribution >= 4 is 15.5 Å². The third kappa shape index (κ3) is 1.99. The molecule has 0 aliphatic rings. The van der Waals surface area contributed by atoms with Gasteiger partial charge >= 0.3 is 5.69 Å². The number of benzene rings is 1. The van der Waals surface area contributed by atoms with Crippen molar-refractivity contribution in [3.63, 3.8) is 0 Å². The van der Waals surface area contributed by atoms with E-state index in [2.05, 4.69) is 0 Å². The molecule has 0 aliphatic heterocycles. The maximum Gasteiger partial charge on any atom is 0.311 e. The predicted molar refractivity (Wildman–Crippen MR) is 47.9 cm³/mol. The molecule has 0 aromatic heterocycles. The second-order valence-corrected chi connectivity index (χ2v) is 4.70. The molecule has 0 spiro atoms. The molecular formula is C7H7NO5S. The number of phenolic OH excluding ortho intramolecular Hbond substituents is 1. The highest BCUT2D eigenvalue weighted by Crippen LogP contribution is 2.27. The summed E-state index contributed by atoms with van der Waals surface area (Å²) >= 11 is 0. The van der Waals surface area contributed by atoms with Crippen LogP contribution >= 0.6 is 0 Å². The quantitative estimate of drug-likeness (QED) is 0.581. The summed E-state index contributed by atoms with van der Waals surface area (Å²) in [6.07, 6.45) is 0.934. The van der Waals surface area contributed by atoms with Crippen LogP contribution in [0.5, 0.6) is 5.75 Å². The van der Waals surface area contributed by atoms with E-state index in [1.807, 2.05) is 0 Å². The van der Waals surface area contributed by atoms with Gasteiger partial charge in [-0.25, -0.2) is 8.42 Å². The fraction of sp³-hybridized carbons (Fsp3) is 0.143. The standard InChI is InChI=1S/C7H7NO5S/c1-14(12,13)5-2-3-7(9)6(4-5)8(10)11/h2-4,9H,1H3. The number of rotatable bonds is 2. The van der Waals surface area contributed by atoms with Crippen LogP contribution in [0.3, 0.4) is 0 Å². The molecule has 0 heterocycles. The third-order valence-electron chi connectivity index (χ3n) is 1.57. The predicted octanol–water partition coefficient (Wildman–Crippen LogP) is 0.704. The van der Waals surface area contributed by atoms with Crippen LogP contribution in [-0.4, -0.2) is 24.7 Å². The van der Waals surface area contributed by atoms with E-state index >= 15 is 0 Å². The van der Waals surface area contributed by atoms with Crippen LogP contribution in [0.15, 0.2) is 23.1 Å². The molecule has 0 atom stereocenters. The Morgan fingerprint density at radius 3 is 2.43 bits per heavy atom. The Labute approximate surface area is 79.9 Å². The highest BCUT2D eigenvalue weighted by atomic mass is 32.2. The van der Waals surface area contributed by atoms with Gasteiger partial charge in [0.2, 0.25) is 0 Å². The third-order valence-corrected chi connectivity index (χ3v) is 2.68. The second-order valence-electron chi connectivity index (χ2n) is 2.68. The molecule has 0 bridgehead atoms. The molecule has 1 aromatic carbocycles. The SMILES string of the molecule is CS(=O)(=O)c1ccc(O)c([N+](=O)[O-])c1. The van der Waals surface area contributed by atoms with E-state index in [4.69, 9.17) is 5.11 Å². The largest absolute Gasteiger partial charge is 0.502 e. The molecule has 0 fully saturated rings. The normalized spacial score (nSPS) is 11.2. The lowest BCUT2D eigenvalue weighted by atomic mass is 10.3. The molecule has 0 radical (unpaired) electrons. The van der Waals surface area contributed by atoms with Crippen molar-refractivity contribution in [2.24, 2.45) is 0 Å². The molecule has 1 N–H and O–H groups in total. The van der Waals surface area contributed by atoms with Gasteiger partial charge in [-0.1, -0.05) is 0 Å². The fourth-order valence-corrected chi connectivity index (χ4v) is 1.52. The molecular weight excluding hydrogens is 210 g/mol. The first-order valence-electron chi connectivity index (χ1n) is 3.50. The van der Waals surface area contributed by atoms with Crippen LogP contribution in [0.2, 0.25) is 0 Å². The van der Waals surface area contributed by atoms with Gasteiger partial charge in [0.15, 0.2) is 15.6 Å². The van der Waals surface area contributed by atoms with E-state index < -0.39 is 26.2 Å². The van der Waals surface area contributed by atoms with Crippen LogP contribution in [0, 0.1) is 10.1 Å². The van der Waals surface area contributed by atoms with Crippen molar-refractivity contribution in [1.29, 1.82) is 0 Å². The van der Waals surface area contributed by atoms with Crippen LogP contribution in [0.25, 0.3) is 0 Å². The molecule has 0 saturated heterocycles. The second kappa shape index (κ2) is 3.26. The number of hydrogen-bond acceptors (Lipinski definition) is 5. The Morgan fingerprint density at radius 2 is 2.00 bits per heavy atom. The number of hydrogen-bond donors (Lipinski definition) is 1. The fourth-order valence-electron chi connectivity index (χ4n) is 0.880. The van der Waals surface area contributed by atoms with Gasteiger partial charge in [0.25, 0.3) is 0 Å². The zero-order valence-corrected chi connectivity index (χ0v) is 7.98. The van der Waals surface area contributed by atoms with E-state index in [1.165, 1.54) is 0 Å². The number of nitro groups is 1. The maximum atomic E-state index is 11.0. The summed E-state index contributed by atoms with van der Waals surface area (Å²) in [4.78, 5) is 9.32. The van der Waals surface area contributed by atoms with Gasteiger partial charge in [-0.2, -0.15) is 0 Å². The average molecular weight is 217 g/mol. The highest BCUT2D eigenvalue weighted by Gasteiger charge is 2.17. The average Bonchev–Trinajstić information content (AvgIpc) is 2.02. The zero-order valence-electron chi connectivity index (χ0n) is 7.17. The van der Waals surface area contributed by atoms with Gasteiger partial charge in [-0.3, -0.25) is 10.1 Å². The zero-order chi connectivity index (χ0) is 10.9. The number of nitro benzene ring substituents is 1. The number of aromatic hydroxyl groups is 1. The summed E-state index contributed by atoms with van der Waals surface area (Å²) in [7, 11) is -3.49. The number of phenols is 1. The lowest BCUT2D eigenvalue weighted by molar-refractivity contribution is -0.386. The topological polar surface area (TPSA) is 97.5 Å². The minimum Gasteiger partial charge on any atom is -0.502 e. The Morgan fingerprint density at radius 1 is 1.43 bits per heavy atom. The Kier molecular flexibility index (Phi) is 2.43. The van der Waals surface area contributed by atoms with Crippen molar-refractivity contribution in [3.8, 4) is 5.75 Å². The minimum atomic E-state index is -3.49. The van der Waals surface area contributed by atoms with E-state index in [9.17, 15) is 18.5 Å². The van der Waals surface area contributed by atoms with Crippen molar-refractivity contribution in [3.05, 3.63) is 28.3 Å². The lowest BCUT2D eigenvalue weighted by Crippen LogP contribution is -1.98. The first kappa shape index (κ1) is 10.5. The van der Waals surface area contributed by atoms with Gasteiger partial charge in [-0.15, -0.1) is 0 Å². The van der Waals surface area contributed by atoms with Gasteiger partial charge < -0.3 is 5.11 Å². The molecule has 0 saturated carbocycles. The van der Waals surface area contributed by atoms with Gasteiger partial charge in [0, 0.05) is 12.3 Å². The van der Waals surface area contributed by atoms with Crippen molar-refractivity contribution in [1.82, 2.24) is 0 Å². The summed E-state index contributed by atoms with van der Waals surface area (Å²) in [5.41, 5.74) is -0.618. The summed E-state index contributed by atoms with van der Waals surface area (Å²) in [5.74, 6) is -0.553. The van der Waals surface area contributed by atoms with E-state index in [1.54, 1.807) is 0 Å².